The van der Waals surface area contributed by atoms with Crippen molar-refractivity contribution in [2.75, 3.05) is 6.61 Å². The number of unbranched alkanes of at least 4 members (excludes halogenated alkanes) is 2. The highest BCUT2D eigenvalue weighted by atomic mass is 16.3. The second kappa shape index (κ2) is 5.31. The lowest BCUT2D eigenvalue weighted by molar-refractivity contribution is -0.130. The molecule has 0 atom stereocenters. The van der Waals surface area contributed by atoms with Gasteiger partial charge in [0.05, 0.1) is 6.61 Å². The highest BCUT2D eigenvalue weighted by Gasteiger charge is 2.26. The Morgan fingerprint density at radius 2 is 1.83 bits per heavy atom. The molecule has 0 saturated heterocycles. The number of hydrogen-bond donors (Lipinski definition) is 0. The summed E-state index contributed by atoms with van der Waals surface area (Å²) >= 11 is 0. The van der Waals surface area contributed by atoms with E-state index in [0.717, 1.165) is 19.3 Å². The average molecular weight is 171 g/mol. The van der Waals surface area contributed by atoms with E-state index in [1.54, 1.807) is 13.8 Å². The lowest BCUT2D eigenvalue weighted by atomic mass is 9.86. The summed E-state index contributed by atoms with van der Waals surface area (Å²) in [6.45, 7) is 5.27. The summed E-state index contributed by atoms with van der Waals surface area (Å²) in [5.74, 6) is 0.117. The van der Waals surface area contributed by atoms with Crippen molar-refractivity contribution in [3.8, 4) is 0 Å². The fraction of sp³-hybridized carbons (Fsp3) is 0.900. The van der Waals surface area contributed by atoms with E-state index in [9.17, 15) is 9.90 Å². The molecule has 2 heteroatoms. The normalized spacial score (nSPS) is 11.7. The second-order valence-corrected chi connectivity index (χ2v) is 3.91. The molecule has 0 saturated carbocycles. The Morgan fingerprint density at radius 3 is 2.25 bits per heavy atom. The van der Waals surface area contributed by atoms with Crippen molar-refractivity contribution in [3.63, 3.8) is 0 Å². The zero-order valence-corrected chi connectivity index (χ0v) is 8.35. The van der Waals surface area contributed by atoms with Crippen LogP contribution in [0.2, 0.25) is 0 Å². The molecule has 0 rings (SSSR count). The van der Waals surface area contributed by atoms with Gasteiger partial charge in [-0.2, -0.15) is 0 Å². The van der Waals surface area contributed by atoms with Crippen LogP contribution in [0, 0.1) is 5.41 Å². The van der Waals surface area contributed by atoms with E-state index in [-0.39, 0.29) is 12.4 Å². The zero-order valence-electron chi connectivity index (χ0n) is 8.35. The predicted octanol–water partition coefficient (Wildman–Crippen LogP) is 2.59. The molecule has 1 radical (unpaired) electrons. The van der Waals surface area contributed by atoms with Crippen LogP contribution in [-0.4, -0.2) is 12.4 Å². The van der Waals surface area contributed by atoms with Crippen molar-refractivity contribution < 1.29 is 9.90 Å². The molecule has 0 aromatic carbocycles. The van der Waals surface area contributed by atoms with Crippen molar-refractivity contribution in [2.24, 2.45) is 5.41 Å². The number of Topliss-reactive ketones (excluding diaryl/α,β-unsaturated/α-hetero) is 1. The van der Waals surface area contributed by atoms with Gasteiger partial charge in [-0.1, -0.05) is 33.6 Å². The van der Waals surface area contributed by atoms with Gasteiger partial charge in [0.2, 0.25) is 0 Å². The standard InChI is InChI=1S/C10H19O2/c1-4-5-6-7-9(12)10(2,3)8-11/h4-8H2,1-3H3. The maximum atomic E-state index is 11.4. The van der Waals surface area contributed by atoms with Crippen LogP contribution in [0.3, 0.4) is 0 Å². The van der Waals surface area contributed by atoms with E-state index in [4.69, 9.17) is 0 Å². The molecule has 0 heterocycles. The molecular weight excluding hydrogens is 152 g/mol. The topological polar surface area (TPSA) is 37.0 Å². The van der Waals surface area contributed by atoms with Crippen molar-refractivity contribution in [3.05, 3.63) is 0 Å². The van der Waals surface area contributed by atoms with Crippen LogP contribution in [0.15, 0.2) is 0 Å². The third-order valence-electron chi connectivity index (χ3n) is 2.12. The van der Waals surface area contributed by atoms with Crippen molar-refractivity contribution >= 4 is 5.78 Å². The van der Waals surface area contributed by atoms with E-state index in [2.05, 4.69) is 6.92 Å². The summed E-state index contributed by atoms with van der Waals surface area (Å²) in [7, 11) is 0. The molecule has 0 aliphatic rings. The van der Waals surface area contributed by atoms with Crippen LogP contribution in [0.25, 0.3) is 0 Å². The molecule has 0 aliphatic carbocycles. The van der Waals surface area contributed by atoms with E-state index in [1.807, 2.05) is 0 Å². The molecule has 0 N–H and O–H groups in total. The first-order valence-corrected chi connectivity index (χ1v) is 4.66. The maximum absolute atomic E-state index is 11.4. The first-order valence-electron chi connectivity index (χ1n) is 4.66. The number of carbonyl (C=O) groups is 1. The van der Waals surface area contributed by atoms with Crippen LogP contribution in [-0.2, 0) is 9.90 Å². The Balaban J connectivity index is 3.72. The fourth-order valence-corrected chi connectivity index (χ4v) is 0.954. The van der Waals surface area contributed by atoms with E-state index >= 15 is 0 Å². The molecule has 12 heavy (non-hydrogen) atoms. The molecule has 0 aromatic heterocycles. The molecule has 0 amide bonds. The molecule has 0 fully saturated rings. The minimum absolute atomic E-state index is 0.117. The van der Waals surface area contributed by atoms with E-state index in [0.29, 0.717) is 6.42 Å². The van der Waals surface area contributed by atoms with E-state index < -0.39 is 5.41 Å². The van der Waals surface area contributed by atoms with Crippen LogP contribution in [0.4, 0.5) is 0 Å². The predicted molar refractivity (Wildman–Crippen MR) is 48.5 cm³/mol. The summed E-state index contributed by atoms with van der Waals surface area (Å²) in [6.07, 6.45) is 3.70. The minimum Gasteiger partial charge on any atom is -0.299 e. The summed E-state index contributed by atoms with van der Waals surface area (Å²) < 4.78 is 0. The third kappa shape index (κ3) is 3.86. The molecule has 0 bridgehead atoms. The largest absolute Gasteiger partial charge is 0.299 e. The van der Waals surface area contributed by atoms with Gasteiger partial charge < -0.3 is 0 Å². The Morgan fingerprint density at radius 1 is 1.25 bits per heavy atom. The van der Waals surface area contributed by atoms with Gasteiger partial charge in [-0.05, 0) is 6.42 Å². The van der Waals surface area contributed by atoms with Crippen molar-refractivity contribution in [2.45, 2.75) is 46.5 Å². The van der Waals surface area contributed by atoms with Crippen LogP contribution in [0.5, 0.6) is 0 Å². The SMILES string of the molecule is CCCCCC(=O)C(C)(C)C[O]. The first kappa shape index (κ1) is 11.6. The number of hydrogen-bond acceptors (Lipinski definition) is 1. The van der Waals surface area contributed by atoms with Gasteiger partial charge in [-0.3, -0.25) is 4.79 Å². The van der Waals surface area contributed by atoms with Gasteiger partial charge >= 0.3 is 0 Å². The fourth-order valence-electron chi connectivity index (χ4n) is 0.954. The zero-order chi connectivity index (χ0) is 9.61. The van der Waals surface area contributed by atoms with Crippen molar-refractivity contribution in [1.29, 1.82) is 0 Å². The monoisotopic (exact) mass is 171 g/mol. The summed E-state index contributed by atoms with van der Waals surface area (Å²) in [4.78, 5) is 11.4. The lowest BCUT2D eigenvalue weighted by Crippen LogP contribution is -2.27. The summed E-state index contributed by atoms with van der Waals surface area (Å²) in [6, 6.07) is 0. The molecule has 0 spiro atoms. The van der Waals surface area contributed by atoms with Gasteiger partial charge in [-0.25, -0.2) is 5.11 Å². The Labute approximate surface area is 75.0 Å². The minimum atomic E-state index is -0.645. The number of carbonyl (C=O) groups excluding carboxylic acids is 1. The third-order valence-corrected chi connectivity index (χ3v) is 2.12. The van der Waals surface area contributed by atoms with E-state index in [1.165, 1.54) is 0 Å². The quantitative estimate of drug-likeness (QED) is 0.566. The first-order chi connectivity index (χ1) is 5.54. The highest BCUT2D eigenvalue weighted by Crippen LogP contribution is 2.19. The van der Waals surface area contributed by atoms with Gasteiger partial charge in [-0.15, -0.1) is 0 Å². The molecular formula is C10H19O2. The summed E-state index contributed by atoms with van der Waals surface area (Å²) in [5.41, 5.74) is -0.645. The maximum Gasteiger partial charge on any atom is 0.140 e. The molecule has 71 valence electrons. The Hall–Kier alpha value is -0.370. The van der Waals surface area contributed by atoms with Gasteiger partial charge in [0.15, 0.2) is 0 Å². The van der Waals surface area contributed by atoms with Gasteiger partial charge in [0.1, 0.15) is 5.78 Å². The number of ketones is 1. The smallest absolute Gasteiger partial charge is 0.140 e. The average Bonchev–Trinajstić information content (AvgIpc) is 2.05. The summed E-state index contributed by atoms with van der Waals surface area (Å²) in [5, 5.41) is 10.6. The molecule has 2 nitrogen and oxygen atoms in total. The molecule has 0 aliphatic heterocycles. The lowest BCUT2D eigenvalue weighted by Gasteiger charge is -2.18. The molecule has 0 unspecified atom stereocenters. The second-order valence-electron chi connectivity index (χ2n) is 3.91. The van der Waals surface area contributed by atoms with Crippen molar-refractivity contribution in [1.82, 2.24) is 0 Å². The highest BCUT2D eigenvalue weighted by molar-refractivity contribution is 5.84. The van der Waals surface area contributed by atoms with Gasteiger partial charge in [0, 0.05) is 11.8 Å². The molecule has 0 aromatic rings. The number of rotatable bonds is 6. The van der Waals surface area contributed by atoms with Gasteiger partial charge in [0.25, 0.3) is 0 Å². The van der Waals surface area contributed by atoms with Crippen LogP contribution >= 0.6 is 0 Å². The Bertz CT molecular complexity index is 139. The van der Waals surface area contributed by atoms with Crippen LogP contribution in [0.1, 0.15) is 46.5 Å². The Kier molecular flexibility index (Phi) is 5.14. The van der Waals surface area contributed by atoms with Crippen LogP contribution < -0.4 is 0 Å².